The normalized spacial score (nSPS) is 15.4. The van der Waals surface area contributed by atoms with Crippen molar-refractivity contribution in [3.8, 4) is 0 Å². The number of primary amides is 1. The van der Waals surface area contributed by atoms with Gasteiger partial charge in [0.2, 0.25) is 5.91 Å². The van der Waals surface area contributed by atoms with Gasteiger partial charge in [-0.15, -0.1) is 0 Å². The van der Waals surface area contributed by atoms with Crippen LogP contribution in [-0.2, 0) is 9.53 Å². The van der Waals surface area contributed by atoms with E-state index in [0.29, 0.717) is 32.0 Å². The van der Waals surface area contributed by atoms with Gasteiger partial charge in [-0.05, 0) is 12.1 Å². The first-order valence-electron chi connectivity index (χ1n) is 5.64. The van der Waals surface area contributed by atoms with Gasteiger partial charge in [-0.1, -0.05) is 0 Å². The van der Waals surface area contributed by atoms with E-state index in [0.717, 1.165) is 0 Å². The summed E-state index contributed by atoms with van der Waals surface area (Å²) in [5.74, 6) is -0.774. The van der Waals surface area contributed by atoms with Gasteiger partial charge in [0.15, 0.2) is 0 Å². The lowest BCUT2D eigenvalue weighted by molar-refractivity contribution is -0.131. The quantitative estimate of drug-likeness (QED) is 0.788. The van der Waals surface area contributed by atoms with Crippen LogP contribution in [0.2, 0.25) is 0 Å². The van der Waals surface area contributed by atoms with Crippen LogP contribution in [0.25, 0.3) is 0 Å². The van der Waals surface area contributed by atoms with E-state index >= 15 is 0 Å². The monoisotopic (exact) mass is 248 g/mol. The molecule has 18 heavy (non-hydrogen) atoms. The summed E-state index contributed by atoms with van der Waals surface area (Å²) >= 11 is 0. The molecule has 2 rings (SSSR count). The van der Waals surface area contributed by atoms with E-state index in [1.54, 1.807) is 17.0 Å². The van der Waals surface area contributed by atoms with E-state index < -0.39 is 5.91 Å². The van der Waals surface area contributed by atoms with E-state index in [-0.39, 0.29) is 11.5 Å². The average molecular weight is 248 g/mol. The molecule has 1 saturated heterocycles. The Morgan fingerprint density at radius 3 is 2.78 bits per heavy atom. The number of pyridine rings is 1. The smallest absolute Gasteiger partial charge is 0.250 e. The lowest BCUT2D eigenvalue weighted by Crippen LogP contribution is -2.41. The average Bonchev–Trinajstić information content (AvgIpc) is 2.40. The Hall–Kier alpha value is -1.95. The molecule has 2 heterocycles. The van der Waals surface area contributed by atoms with E-state index in [1.165, 1.54) is 12.6 Å². The number of morpholine rings is 1. The number of ether oxygens (including phenoxy) is 1. The second kappa shape index (κ2) is 5.59. The van der Waals surface area contributed by atoms with Crippen LogP contribution in [0.3, 0.4) is 0 Å². The highest BCUT2D eigenvalue weighted by atomic mass is 16.5. The van der Waals surface area contributed by atoms with E-state index in [2.05, 4.69) is 4.98 Å². The van der Waals surface area contributed by atoms with Crippen molar-refractivity contribution in [3.05, 3.63) is 36.0 Å². The van der Waals surface area contributed by atoms with Gasteiger partial charge in [0.05, 0.1) is 30.9 Å². The molecular formula is C12H14N3O3. The number of aromatic nitrogens is 1. The fourth-order valence-electron chi connectivity index (χ4n) is 1.73. The molecule has 0 aliphatic carbocycles. The van der Waals surface area contributed by atoms with Gasteiger partial charge >= 0.3 is 0 Å². The first-order chi connectivity index (χ1) is 8.68. The Kier molecular flexibility index (Phi) is 3.88. The number of nitrogens with two attached hydrogens (primary N) is 1. The summed E-state index contributed by atoms with van der Waals surface area (Å²) in [6, 6.07) is 3.16. The molecule has 0 aromatic carbocycles. The van der Waals surface area contributed by atoms with Crippen molar-refractivity contribution < 1.29 is 14.3 Å². The predicted molar refractivity (Wildman–Crippen MR) is 63.6 cm³/mol. The van der Waals surface area contributed by atoms with Crippen molar-refractivity contribution in [1.29, 1.82) is 0 Å². The molecule has 2 N–H and O–H groups in total. The molecule has 2 amide bonds. The SMILES string of the molecule is NC(=O)c1cccnc1[CH]C(=O)N1CCOCC1. The number of hydrogen-bond acceptors (Lipinski definition) is 4. The maximum absolute atomic E-state index is 12.0. The lowest BCUT2D eigenvalue weighted by Gasteiger charge is -2.26. The largest absolute Gasteiger partial charge is 0.378 e. The van der Waals surface area contributed by atoms with Crippen molar-refractivity contribution in [1.82, 2.24) is 9.88 Å². The van der Waals surface area contributed by atoms with Crippen molar-refractivity contribution in [2.75, 3.05) is 26.3 Å². The lowest BCUT2D eigenvalue weighted by atomic mass is 10.1. The van der Waals surface area contributed by atoms with Crippen LogP contribution in [0.4, 0.5) is 0 Å². The number of carbonyl (C=O) groups is 2. The van der Waals surface area contributed by atoms with Crippen molar-refractivity contribution in [2.24, 2.45) is 5.73 Å². The highest BCUT2D eigenvalue weighted by Gasteiger charge is 2.20. The summed E-state index contributed by atoms with van der Waals surface area (Å²) in [7, 11) is 0. The number of nitrogens with zero attached hydrogens (tertiary/aromatic N) is 2. The Morgan fingerprint density at radius 2 is 2.11 bits per heavy atom. The molecule has 1 radical (unpaired) electrons. The van der Waals surface area contributed by atoms with Gasteiger partial charge in [-0.2, -0.15) is 0 Å². The molecule has 1 fully saturated rings. The Bertz CT molecular complexity index is 456. The highest BCUT2D eigenvalue weighted by molar-refractivity contribution is 5.98. The summed E-state index contributed by atoms with van der Waals surface area (Å²) in [5.41, 5.74) is 5.78. The van der Waals surface area contributed by atoms with Crippen LogP contribution in [0, 0.1) is 6.42 Å². The molecule has 6 nitrogen and oxygen atoms in total. The van der Waals surface area contributed by atoms with E-state index in [1.807, 2.05) is 0 Å². The summed E-state index contributed by atoms with van der Waals surface area (Å²) < 4.78 is 5.16. The number of rotatable bonds is 3. The standard InChI is InChI=1S/C12H14N3O3/c13-12(17)9-2-1-3-14-10(9)8-11(16)15-4-6-18-7-5-15/h1-3,8H,4-7H2,(H2,13,17). The third-order valence-electron chi connectivity index (χ3n) is 2.69. The minimum atomic E-state index is -0.593. The second-order valence-corrected chi connectivity index (χ2v) is 3.88. The summed E-state index contributed by atoms with van der Waals surface area (Å²) in [4.78, 5) is 28.8. The molecule has 1 aliphatic rings. The first-order valence-corrected chi connectivity index (χ1v) is 5.64. The fourth-order valence-corrected chi connectivity index (χ4v) is 1.73. The van der Waals surface area contributed by atoms with Crippen LogP contribution in [0.5, 0.6) is 0 Å². The molecule has 1 aromatic rings. The maximum atomic E-state index is 12.0. The van der Waals surface area contributed by atoms with Gasteiger partial charge in [0.25, 0.3) is 5.91 Å². The Morgan fingerprint density at radius 1 is 1.39 bits per heavy atom. The zero-order chi connectivity index (χ0) is 13.0. The zero-order valence-corrected chi connectivity index (χ0v) is 9.83. The van der Waals surface area contributed by atoms with Crippen LogP contribution in [-0.4, -0.2) is 48.0 Å². The van der Waals surface area contributed by atoms with Crippen LogP contribution in [0.1, 0.15) is 16.1 Å². The minimum absolute atomic E-state index is 0.181. The molecule has 1 aliphatic heterocycles. The predicted octanol–water partition coefficient (Wildman–Crippen LogP) is -0.408. The molecular weight excluding hydrogens is 234 g/mol. The molecule has 6 heteroatoms. The number of hydrogen-bond donors (Lipinski definition) is 1. The van der Waals surface area contributed by atoms with E-state index in [4.69, 9.17) is 10.5 Å². The molecule has 95 valence electrons. The molecule has 0 bridgehead atoms. The third-order valence-corrected chi connectivity index (χ3v) is 2.69. The number of amides is 2. The highest BCUT2D eigenvalue weighted by Crippen LogP contribution is 2.10. The van der Waals surface area contributed by atoms with Crippen LogP contribution in [0.15, 0.2) is 18.3 Å². The van der Waals surface area contributed by atoms with Gasteiger partial charge in [-0.3, -0.25) is 14.6 Å². The molecule has 0 unspecified atom stereocenters. The maximum Gasteiger partial charge on any atom is 0.250 e. The van der Waals surface area contributed by atoms with Crippen molar-refractivity contribution >= 4 is 11.8 Å². The Balaban J connectivity index is 2.08. The fraction of sp³-hybridized carbons (Fsp3) is 0.333. The zero-order valence-electron chi connectivity index (χ0n) is 9.83. The summed E-state index contributed by atoms with van der Waals surface area (Å²) in [6.45, 7) is 2.16. The molecule has 1 aromatic heterocycles. The van der Waals surface area contributed by atoms with Gasteiger partial charge in [-0.25, -0.2) is 0 Å². The van der Waals surface area contributed by atoms with Crippen LogP contribution < -0.4 is 5.73 Å². The molecule has 0 spiro atoms. The molecule has 0 atom stereocenters. The summed E-state index contributed by atoms with van der Waals surface area (Å²) in [6.07, 6.45) is 2.86. The van der Waals surface area contributed by atoms with Crippen molar-refractivity contribution in [3.63, 3.8) is 0 Å². The first kappa shape index (κ1) is 12.5. The summed E-state index contributed by atoms with van der Waals surface area (Å²) in [5, 5.41) is 0. The van der Waals surface area contributed by atoms with Gasteiger partial charge < -0.3 is 15.4 Å². The minimum Gasteiger partial charge on any atom is -0.378 e. The second-order valence-electron chi connectivity index (χ2n) is 3.88. The van der Waals surface area contributed by atoms with E-state index in [9.17, 15) is 9.59 Å². The van der Waals surface area contributed by atoms with Gasteiger partial charge in [0, 0.05) is 19.3 Å². The Labute approximate surface area is 105 Å². The van der Waals surface area contributed by atoms with Crippen LogP contribution >= 0.6 is 0 Å². The van der Waals surface area contributed by atoms with Gasteiger partial charge in [0.1, 0.15) is 0 Å². The third kappa shape index (κ3) is 2.84. The molecule has 0 saturated carbocycles. The van der Waals surface area contributed by atoms with Crippen molar-refractivity contribution in [2.45, 2.75) is 0 Å². The topological polar surface area (TPSA) is 85.5 Å². The number of carbonyl (C=O) groups excluding carboxylic acids is 2.